The Morgan fingerprint density at radius 1 is 1.18 bits per heavy atom. The van der Waals surface area contributed by atoms with Gasteiger partial charge in [-0.15, -0.1) is 0 Å². The third-order valence-corrected chi connectivity index (χ3v) is 4.14. The third kappa shape index (κ3) is 3.80. The Labute approximate surface area is 103 Å². The molecule has 5 heteroatoms. The Morgan fingerprint density at radius 2 is 1.88 bits per heavy atom. The summed E-state index contributed by atoms with van der Waals surface area (Å²) in [6.07, 6.45) is 0. The van der Waals surface area contributed by atoms with E-state index >= 15 is 0 Å². The van der Waals surface area contributed by atoms with E-state index in [0.717, 1.165) is 17.7 Å². The maximum Gasteiger partial charge on any atom is 0.240 e. The van der Waals surface area contributed by atoms with Gasteiger partial charge in [0.05, 0.1) is 4.90 Å². The van der Waals surface area contributed by atoms with E-state index in [9.17, 15) is 8.42 Å². The zero-order valence-electron chi connectivity index (χ0n) is 10.6. The molecule has 0 saturated carbocycles. The highest BCUT2D eigenvalue weighted by molar-refractivity contribution is 7.89. The number of aryl methyl sites for hydroxylation is 1. The molecule has 0 aliphatic rings. The van der Waals surface area contributed by atoms with Crippen LogP contribution in [-0.2, 0) is 16.6 Å². The van der Waals surface area contributed by atoms with Crippen LogP contribution in [0, 0.1) is 6.92 Å². The molecule has 0 fully saturated rings. The van der Waals surface area contributed by atoms with Crippen LogP contribution in [0.4, 0.5) is 0 Å². The molecule has 2 N–H and O–H groups in total. The summed E-state index contributed by atoms with van der Waals surface area (Å²) in [5, 5.41) is 3.18. The molecule has 1 rings (SSSR count). The van der Waals surface area contributed by atoms with Gasteiger partial charge >= 0.3 is 0 Å². The molecule has 0 saturated heterocycles. The molecule has 0 radical (unpaired) electrons. The first-order valence-electron chi connectivity index (χ1n) is 5.81. The molecule has 4 nitrogen and oxygen atoms in total. The minimum Gasteiger partial charge on any atom is -0.313 e. The van der Waals surface area contributed by atoms with Gasteiger partial charge in [-0.25, -0.2) is 13.1 Å². The molecule has 0 heterocycles. The monoisotopic (exact) mass is 256 g/mol. The van der Waals surface area contributed by atoms with E-state index in [1.165, 1.54) is 0 Å². The van der Waals surface area contributed by atoms with Gasteiger partial charge in [0.25, 0.3) is 0 Å². The number of hydrogen-bond acceptors (Lipinski definition) is 3. The summed E-state index contributed by atoms with van der Waals surface area (Å²) in [6, 6.07) is 5.52. The second-order valence-corrected chi connectivity index (χ2v) is 5.62. The van der Waals surface area contributed by atoms with E-state index in [0.29, 0.717) is 18.0 Å². The van der Waals surface area contributed by atoms with Crippen molar-refractivity contribution in [2.24, 2.45) is 0 Å². The molecular formula is C12H20N2O2S. The lowest BCUT2D eigenvalue weighted by Gasteiger charge is -2.10. The molecule has 0 amide bonds. The maximum atomic E-state index is 11.9. The Morgan fingerprint density at radius 3 is 2.47 bits per heavy atom. The summed E-state index contributed by atoms with van der Waals surface area (Å²) in [4.78, 5) is 0.370. The fourth-order valence-electron chi connectivity index (χ4n) is 1.58. The van der Waals surface area contributed by atoms with Crippen molar-refractivity contribution in [2.75, 3.05) is 13.1 Å². The Balaban J connectivity index is 3.06. The summed E-state index contributed by atoms with van der Waals surface area (Å²) in [5.74, 6) is 0. The first-order chi connectivity index (χ1) is 8.01. The molecule has 0 aliphatic heterocycles. The molecule has 0 unspecified atom stereocenters. The highest BCUT2D eigenvalue weighted by Gasteiger charge is 2.15. The second kappa shape index (κ2) is 6.14. The van der Waals surface area contributed by atoms with E-state index < -0.39 is 10.0 Å². The summed E-state index contributed by atoms with van der Waals surface area (Å²) < 4.78 is 26.4. The maximum absolute atomic E-state index is 11.9. The molecular weight excluding hydrogens is 236 g/mol. The summed E-state index contributed by atoms with van der Waals surface area (Å²) in [7, 11) is -3.37. The zero-order chi connectivity index (χ0) is 12.9. The quantitative estimate of drug-likeness (QED) is 0.809. The van der Waals surface area contributed by atoms with Gasteiger partial charge in [-0.05, 0) is 30.7 Å². The van der Waals surface area contributed by atoms with Crippen LogP contribution < -0.4 is 10.0 Å². The fourth-order valence-corrected chi connectivity index (χ4v) is 2.92. The van der Waals surface area contributed by atoms with Crippen molar-refractivity contribution in [1.82, 2.24) is 10.0 Å². The van der Waals surface area contributed by atoms with Crippen molar-refractivity contribution in [3.05, 3.63) is 29.3 Å². The van der Waals surface area contributed by atoms with Gasteiger partial charge in [-0.3, -0.25) is 0 Å². The summed E-state index contributed by atoms with van der Waals surface area (Å²) >= 11 is 0. The molecule has 1 aromatic carbocycles. The van der Waals surface area contributed by atoms with Crippen molar-refractivity contribution >= 4 is 10.0 Å². The molecule has 0 bridgehead atoms. The van der Waals surface area contributed by atoms with Gasteiger partial charge in [-0.2, -0.15) is 0 Å². The Bertz CT molecular complexity index is 469. The average molecular weight is 256 g/mol. The number of sulfonamides is 1. The van der Waals surface area contributed by atoms with Crippen molar-refractivity contribution in [2.45, 2.75) is 32.2 Å². The van der Waals surface area contributed by atoms with E-state index in [-0.39, 0.29) is 0 Å². The van der Waals surface area contributed by atoms with Crippen LogP contribution in [0.1, 0.15) is 25.0 Å². The predicted octanol–water partition coefficient (Wildman–Crippen LogP) is 1.40. The highest BCUT2D eigenvalue weighted by Crippen LogP contribution is 2.16. The van der Waals surface area contributed by atoms with Crippen LogP contribution in [-0.4, -0.2) is 21.5 Å². The van der Waals surface area contributed by atoms with Crippen molar-refractivity contribution in [3.63, 3.8) is 0 Å². The molecule has 1 aromatic rings. The van der Waals surface area contributed by atoms with Gasteiger partial charge in [-0.1, -0.05) is 26.0 Å². The summed E-state index contributed by atoms with van der Waals surface area (Å²) in [5.41, 5.74) is 1.75. The van der Waals surface area contributed by atoms with Gasteiger partial charge < -0.3 is 5.32 Å². The highest BCUT2D eigenvalue weighted by atomic mass is 32.2. The number of nitrogens with one attached hydrogen (secondary N) is 2. The van der Waals surface area contributed by atoms with Gasteiger partial charge in [0.2, 0.25) is 10.0 Å². The molecule has 0 aliphatic carbocycles. The van der Waals surface area contributed by atoms with Crippen LogP contribution in [0.5, 0.6) is 0 Å². The zero-order valence-corrected chi connectivity index (χ0v) is 11.4. The standard InChI is InChI=1S/C12H20N2O2S/c1-4-13-9-11-7-6-10(3)12(8-11)17(15,16)14-5-2/h6-8,13-14H,4-5,9H2,1-3H3. The molecule has 17 heavy (non-hydrogen) atoms. The lowest BCUT2D eigenvalue weighted by atomic mass is 10.1. The lowest BCUT2D eigenvalue weighted by Crippen LogP contribution is -2.24. The Hall–Kier alpha value is -0.910. The normalized spacial score (nSPS) is 11.7. The van der Waals surface area contributed by atoms with Crippen LogP contribution in [0.15, 0.2) is 23.1 Å². The van der Waals surface area contributed by atoms with Crippen molar-refractivity contribution < 1.29 is 8.42 Å². The second-order valence-electron chi connectivity index (χ2n) is 3.88. The predicted molar refractivity (Wildman–Crippen MR) is 69.4 cm³/mol. The SMILES string of the molecule is CCNCc1ccc(C)c(S(=O)(=O)NCC)c1. The average Bonchev–Trinajstić information content (AvgIpc) is 2.27. The minimum absolute atomic E-state index is 0.370. The fraction of sp³-hybridized carbons (Fsp3) is 0.500. The van der Waals surface area contributed by atoms with E-state index in [2.05, 4.69) is 10.0 Å². The molecule has 0 atom stereocenters. The van der Waals surface area contributed by atoms with E-state index in [1.54, 1.807) is 19.9 Å². The van der Waals surface area contributed by atoms with Crippen LogP contribution >= 0.6 is 0 Å². The number of hydrogen-bond donors (Lipinski definition) is 2. The first kappa shape index (κ1) is 14.2. The first-order valence-corrected chi connectivity index (χ1v) is 7.29. The molecule has 0 aromatic heterocycles. The van der Waals surface area contributed by atoms with Gasteiger partial charge in [0, 0.05) is 13.1 Å². The van der Waals surface area contributed by atoms with Crippen molar-refractivity contribution in [3.8, 4) is 0 Å². The lowest BCUT2D eigenvalue weighted by molar-refractivity contribution is 0.583. The molecule has 96 valence electrons. The van der Waals surface area contributed by atoms with Crippen LogP contribution in [0.25, 0.3) is 0 Å². The smallest absolute Gasteiger partial charge is 0.240 e. The van der Waals surface area contributed by atoms with Crippen LogP contribution in [0.3, 0.4) is 0 Å². The van der Waals surface area contributed by atoms with E-state index in [4.69, 9.17) is 0 Å². The van der Waals surface area contributed by atoms with E-state index in [1.807, 2.05) is 19.1 Å². The van der Waals surface area contributed by atoms with Crippen LogP contribution in [0.2, 0.25) is 0 Å². The number of benzene rings is 1. The topological polar surface area (TPSA) is 58.2 Å². The van der Waals surface area contributed by atoms with Crippen molar-refractivity contribution in [1.29, 1.82) is 0 Å². The minimum atomic E-state index is -3.37. The third-order valence-electron chi connectivity index (χ3n) is 2.46. The summed E-state index contributed by atoms with van der Waals surface area (Å²) in [6.45, 7) is 7.55. The Kier molecular flexibility index (Phi) is 5.11. The largest absolute Gasteiger partial charge is 0.313 e. The number of rotatable bonds is 6. The molecule has 0 spiro atoms. The van der Waals surface area contributed by atoms with Gasteiger partial charge in [0.1, 0.15) is 0 Å². The van der Waals surface area contributed by atoms with Gasteiger partial charge in [0.15, 0.2) is 0 Å².